The second-order valence-corrected chi connectivity index (χ2v) is 6.73. The van der Waals surface area contributed by atoms with E-state index in [1.807, 2.05) is 25.0 Å². The second kappa shape index (κ2) is 11.9. The van der Waals surface area contributed by atoms with E-state index in [4.69, 9.17) is 33.2 Å². The molecule has 0 saturated heterocycles. The topological polar surface area (TPSA) is 72.5 Å². The quantitative estimate of drug-likeness (QED) is 0.733. The van der Waals surface area contributed by atoms with Crippen molar-refractivity contribution in [3.05, 3.63) is 41.5 Å². The highest BCUT2D eigenvalue weighted by molar-refractivity contribution is 5.51. The number of ether oxygens (including phenoxy) is 6. The van der Waals surface area contributed by atoms with E-state index in [2.05, 4.69) is 12.1 Å². The Balaban J connectivity index is 0.000000205. The molecule has 0 amide bonds. The molecule has 2 aromatic carbocycles. The Bertz CT molecular complexity index is 784. The molecule has 1 heterocycles. The van der Waals surface area contributed by atoms with Crippen LogP contribution in [0.5, 0.6) is 28.7 Å². The van der Waals surface area contributed by atoms with Crippen molar-refractivity contribution in [3.63, 3.8) is 0 Å². The highest BCUT2D eigenvalue weighted by Gasteiger charge is 2.23. The van der Waals surface area contributed by atoms with Crippen LogP contribution in [0.25, 0.3) is 0 Å². The summed E-state index contributed by atoms with van der Waals surface area (Å²) in [5, 5.41) is 0. The van der Waals surface area contributed by atoms with E-state index < -0.39 is 0 Å². The summed E-state index contributed by atoms with van der Waals surface area (Å²) < 4.78 is 31.3. The third-order valence-electron chi connectivity index (χ3n) is 5.01. The Kier molecular flexibility index (Phi) is 9.28. The van der Waals surface area contributed by atoms with Crippen LogP contribution in [-0.4, -0.2) is 48.6 Å². The van der Waals surface area contributed by atoms with Gasteiger partial charge in [-0.15, -0.1) is 0 Å². The van der Waals surface area contributed by atoms with Crippen molar-refractivity contribution in [3.8, 4) is 28.7 Å². The summed E-state index contributed by atoms with van der Waals surface area (Å²) in [7, 11) is 6.55. The molecule has 2 aromatic rings. The smallest absolute Gasteiger partial charge is 0.231 e. The van der Waals surface area contributed by atoms with Gasteiger partial charge in [-0.05, 0) is 60.6 Å². The highest BCUT2D eigenvalue weighted by atomic mass is 16.7. The maximum absolute atomic E-state index is 8.00. The predicted octanol–water partition coefficient (Wildman–Crippen LogP) is 3.69. The number of hydrogen-bond acceptors (Lipinski definition) is 7. The molecule has 30 heavy (non-hydrogen) atoms. The molecule has 164 valence electrons. The number of methoxy groups -OCH3 is 4. The molecule has 7 heteroatoms. The zero-order chi connectivity index (χ0) is 21.9. The van der Waals surface area contributed by atoms with E-state index in [1.165, 1.54) is 17.5 Å². The third kappa shape index (κ3) is 5.57. The lowest BCUT2D eigenvalue weighted by Crippen LogP contribution is -2.18. The maximum Gasteiger partial charge on any atom is 0.231 e. The number of hydrogen-bond donors (Lipinski definition) is 0. The Morgan fingerprint density at radius 2 is 1.53 bits per heavy atom. The highest BCUT2D eigenvalue weighted by Crippen LogP contribution is 2.38. The van der Waals surface area contributed by atoms with Crippen molar-refractivity contribution >= 4 is 6.79 Å². The monoisotopic (exact) mass is 418 g/mol. The number of fused-ring (bicyclic) bond motifs is 2. The molecule has 0 aromatic heterocycles. The molecular formula is C23H30O7. The molecular weight excluding hydrogens is 388 g/mol. The summed E-state index contributed by atoms with van der Waals surface area (Å²) in [5.41, 5.74) is 2.81. The van der Waals surface area contributed by atoms with Gasteiger partial charge < -0.3 is 33.2 Å². The molecule has 7 nitrogen and oxygen atoms in total. The lowest BCUT2D eigenvalue weighted by Gasteiger charge is -2.24. The van der Waals surface area contributed by atoms with Crippen LogP contribution in [0.15, 0.2) is 30.3 Å². The lowest BCUT2D eigenvalue weighted by molar-refractivity contribution is -0.0979. The molecule has 4 rings (SSSR count). The van der Waals surface area contributed by atoms with Gasteiger partial charge in [-0.2, -0.15) is 0 Å². The summed E-state index contributed by atoms with van der Waals surface area (Å²) in [5.74, 6) is 4.44. The molecule has 1 atom stereocenters. The van der Waals surface area contributed by atoms with Crippen LogP contribution in [0.3, 0.4) is 0 Å². The van der Waals surface area contributed by atoms with Crippen LogP contribution in [0.4, 0.5) is 0 Å². The van der Waals surface area contributed by atoms with Gasteiger partial charge in [0.25, 0.3) is 0 Å². The van der Waals surface area contributed by atoms with Crippen LogP contribution in [0.1, 0.15) is 17.5 Å². The third-order valence-corrected chi connectivity index (χ3v) is 5.01. The normalized spacial score (nSPS) is 15.5. The van der Waals surface area contributed by atoms with Gasteiger partial charge in [0, 0.05) is 13.7 Å². The largest absolute Gasteiger partial charge is 0.493 e. The number of benzene rings is 2. The molecule has 0 saturated carbocycles. The number of rotatable bonds is 5. The van der Waals surface area contributed by atoms with E-state index >= 15 is 0 Å². The van der Waals surface area contributed by atoms with Crippen molar-refractivity contribution in [2.75, 3.05) is 41.8 Å². The van der Waals surface area contributed by atoms with Crippen LogP contribution in [0, 0.1) is 5.92 Å². The second-order valence-electron chi connectivity index (χ2n) is 6.73. The van der Waals surface area contributed by atoms with E-state index in [0.29, 0.717) is 30.0 Å². The van der Waals surface area contributed by atoms with Crippen LogP contribution in [-0.2, 0) is 22.4 Å². The average Bonchev–Trinajstić information content (AvgIpc) is 3.26. The Morgan fingerprint density at radius 3 is 2.07 bits per heavy atom. The summed E-state index contributed by atoms with van der Waals surface area (Å²) in [4.78, 5) is 8.00. The number of para-hydroxylation sites is 1. The van der Waals surface area contributed by atoms with Gasteiger partial charge in [-0.1, -0.05) is 6.07 Å². The van der Waals surface area contributed by atoms with Gasteiger partial charge in [0.15, 0.2) is 23.0 Å². The van der Waals surface area contributed by atoms with Gasteiger partial charge in [-0.3, -0.25) is 0 Å². The predicted molar refractivity (Wildman–Crippen MR) is 113 cm³/mol. The molecule has 0 spiro atoms. The van der Waals surface area contributed by atoms with Gasteiger partial charge in [0.1, 0.15) is 6.79 Å². The maximum atomic E-state index is 8.00. The van der Waals surface area contributed by atoms with E-state index in [-0.39, 0.29) is 0 Å². The Morgan fingerprint density at radius 1 is 0.933 bits per heavy atom. The molecule has 2 aliphatic rings. The fourth-order valence-corrected chi connectivity index (χ4v) is 3.62. The van der Waals surface area contributed by atoms with Crippen molar-refractivity contribution in [1.29, 1.82) is 0 Å². The number of aryl methyl sites for hydroxylation is 1. The molecule has 0 fully saturated rings. The summed E-state index contributed by atoms with van der Waals surface area (Å²) in [6.45, 7) is 3.22. The molecule has 0 N–H and O–H groups in total. The van der Waals surface area contributed by atoms with E-state index in [0.717, 1.165) is 30.9 Å². The lowest BCUT2D eigenvalue weighted by atomic mass is 9.84. The van der Waals surface area contributed by atoms with E-state index in [9.17, 15) is 0 Å². The zero-order valence-corrected chi connectivity index (χ0v) is 18.1. The van der Waals surface area contributed by atoms with Gasteiger partial charge >= 0.3 is 0 Å². The van der Waals surface area contributed by atoms with Crippen LogP contribution < -0.4 is 23.7 Å². The number of carbonyl (C=O) groups excluding carboxylic acids is 1. The summed E-state index contributed by atoms with van der Waals surface area (Å²) in [6.07, 6.45) is 3.43. The molecule has 0 radical (unpaired) electrons. The Hall–Kier alpha value is -2.93. The minimum Gasteiger partial charge on any atom is -0.493 e. The summed E-state index contributed by atoms with van der Waals surface area (Å²) >= 11 is 0. The molecule has 1 aliphatic carbocycles. The standard InChI is InChI=1S/C13H16O3.C9H12O3.CH2O/c1-14-7-9-2-3-10-5-12-13(16-8-15-12)6-11(10)4-9;1-10-7-5-4-6-8(11-2)9(7)12-3;1-2/h5-6,9H,2-4,7-8H2,1H3;4-6H,1-3H3;1H2. The summed E-state index contributed by atoms with van der Waals surface area (Å²) in [6, 6.07) is 9.77. The van der Waals surface area contributed by atoms with Crippen LogP contribution in [0.2, 0.25) is 0 Å². The minimum absolute atomic E-state index is 0.361. The Labute approximate surface area is 177 Å². The van der Waals surface area contributed by atoms with Gasteiger partial charge in [0.2, 0.25) is 12.5 Å². The fraction of sp³-hybridized carbons (Fsp3) is 0.435. The van der Waals surface area contributed by atoms with Crippen molar-refractivity contribution in [2.45, 2.75) is 19.3 Å². The first-order valence-corrected chi connectivity index (χ1v) is 9.64. The van der Waals surface area contributed by atoms with Gasteiger partial charge in [-0.25, -0.2) is 0 Å². The molecule has 0 bridgehead atoms. The SMILES string of the molecule is C=O.COCC1CCc2cc3c(cc2C1)OCO3.COc1cccc(OC)c1OC. The first-order chi connectivity index (χ1) is 14.7. The first kappa shape index (κ1) is 23.3. The van der Waals surface area contributed by atoms with Crippen molar-refractivity contribution < 1.29 is 33.2 Å². The van der Waals surface area contributed by atoms with E-state index in [1.54, 1.807) is 28.4 Å². The van der Waals surface area contributed by atoms with Crippen molar-refractivity contribution in [2.24, 2.45) is 5.92 Å². The van der Waals surface area contributed by atoms with Crippen LogP contribution >= 0.6 is 0 Å². The number of carbonyl (C=O) groups is 1. The molecule has 1 aliphatic heterocycles. The fourth-order valence-electron chi connectivity index (χ4n) is 3.62. The average molecular weight is 418 g/mol. The minimum atomic E-state index is 0.361. The molecule has 1 unspecified atom stereocenters. The first-order valence-electron chi connectivity index (χ1n) is 9.64. The van der Waals surface area contributed by atoms with Crippen molar-refractivity contribution in [1.82, 2.24) is 0 Å². The van der Waals surface area contributed by atoms with Gasteiger partial charge in [0.05, 0.1) is 21.3 Å². The zero-order valence-electron chi connectivity index (χ0n) is 18.1.